The van der Waals surface area contributed by atoms with Crippen LogP contribution in [-0.4, -0.2) is 18.6 Å². The molecule has 1 unspecified atom stereocenters. The smallest absolute Gasteiger partial charge is 0.119 e. The first-order chi connectivity index (χ1) is 11.8. The number of hydrogen-bond donors (Lipinski definition) is 0. The highest BCUT2D eigenvalue weighted by molar-refractivity contribution is 7.12. The van der Waals surface area contributed by atoms with Gasteiger partial charge in [0.25, 0.3) is 0 Å². The molecule has 3 heteroatoms. The van der Waals surface area contributed by atoms with Crippen molar-refractivity contribution in [1.82, 2.24) is 4.90 Å². The fourth-order valence-corrected chi connectivity index (χ4v) is 5.46. The molecule has 0 saturated heterocycles. The molecule has 1 aromatic heterocycles. The van der Waals surface area contributed by atoms with Crippen molar-refractivity contribution in [3.8, 4) is 5.75 Å². The molecule has 2 aromatic rings. The molecule has 0 saturated carbocycles. The monoisotopic (exact) mass is 341 g/mol. The van der Waals surface area contributed by atoms with Crippen LogP contribution in [0.1, 0.15) is 58.7 Å². The Labute approximate surface area is 149 Å². The Morgan fingerprint density at radius 2 is 2.12 bits per heavy atom. The van der Waals surface area contributed by atoms with Crippen LogP contribution in [0.25, 0.3) is 0 Å². The molecule has 0 fully saturated rings. The summed E-state index contributed by atoms with van der Waals surface area (Å²) in [6, 6.07) is 9.73. The molecule has 4 rings (SSSR count). The molecule has 2 aliphatic rings. The zero-order valence-electron chi connectivity index (χ0n) is 14.8. The fourth-order valence-electron chi connectivity index (χ4n) is 4.20. The van der Waals surface area contributed by atoms with Crippen LogP contribution in [0.2, 0.25) is 0 Å². The Bertz CT molecular complexity index is 721. The van der Waals surface area contributed by atoms with Crippen LogP contribution >= 0.6 is 11.3 Å². The summed E-state index contributed by atoms with van der Waals surface area (Å²) >= 11 is 2.07. The number of unbranched alkanes of at least 4 members (excludes halogenated alkanes) is 2. The Morgan fingerprint density at radius 1 is 1.21 bits per heavy atom. The van der Waals surface area contributed by atoms with Crippen molar-refractivity contribution in [1.29, 1.82) is 0 Å². The van der Waals surface area contributed by atoms with E-state index in [1.165, 1.54) is 49.8 Å². The molecule has 0 N–H and O–H groups in total. The first kappa shape index (κ1) is 16.2. The van der Waals surface area contributed by atoms with E-state index < -0.39 is 0 Å². The lowest BCUT2D eigenvalue weighted by Gasteiger charge is -2.40. The van der Waals surface area contributed by atoms with E-state index in [9.17, 15) is 0 Å². The molecular formula is C21H27NOS. The summed E-state index contributed by atoms with van der Waals surface area (Å²) in [6.07, 6.45) is 7.60. The van der Waals surface area contributed by atoms with Crippen LogP contribution in [0, 0.1) is 0 Å². The number of ether oxygens (including phenoxy) is 1. The summed E-state index contributed by atoms with van der Waals surface area (Å²) in [5.41, 5.74) is 4.60. The SMILES string of the molecule is CCCCCc1cc2c(s1)CC1c3ccc(OC)cc3CCN1C2. The summed E-state index contributed by atoms with van der Waals surface area (Å²) in [5, 5.41) is 0. The molecule has 0 aliphatic carbocycles. The van der Waals surface area contributed by atoms with Gasteiger partial charge in [0, 0.05) is 35.3 Å². The molecule has 0 spiro atoms. The van der Waals surface area contributed by atoms with Crippen LogP contribution in [-0.2, 0) is 25.8 Å². The number of benzene rings is 1. The molecule has 0 bridgehead atoms. The van der Waals surface area contributed by atoms with Gasteiger partial charge in [0.2, 0.25) is 0 Å². The highest BCUT2D eigenvalue weighted by Gasteiger charge is 2.33. The van der Waals surface area contributed by atoms with Gasteiger partial charge in [0.15, 0.2) is 0 Å². The van der Waals surface area contributed by atoms with Gasteiger partial charge in [-0.25, -0.2) is 0 Å². The molecular weight excluding hydrogens is 314 g/mol. The average Bonchev–Trinajstić information content (AvgIpc) is 3.01. The van der Waals surface area contributed by atoms with E-state index in [0.29, 0.717) is 6.04 Å². The molecule has 2 aliphatic heterocycles. The van der Waals surface area contributed by atoms with E-state index in [2.05, 4.69) is 47.4 Å². The normalized spacial score (nSPS) is 19.5. The second-order valence-corrected chi connectivity index (χ2v) is 8.34. The molecule has 1 aromatic carbocycles. The average molecular weight is 342 g/mol. The van der Waals surface area contributed by atoms with Crippen molar-refractivity contribution in [3.63, 3.8) is 0 Å². The van der Waals surface area contributed by atoms with E-state index in [1.807, 2.05) is 0 Å². The second-order valence-electron chi connectivity index (χ2n) is 7.12. The van der Waals surface area contributed by atoms with Crippen molar-refractivity contribution in [3.05, 3.63) is 50.7 Å². The van der Waals surface area contributed by atoms with Gasteiger partial charge < -0.3 is 4.74 Å². The summed E-state index contributed by atoms with van der Waals surface area (Å²) in [7, 11) is 1.76. The van der Waals surface area contributed by atoms with Gasteiger partial charge in [0.05, 0.1) is 7.11 Å². The summed E-state index contributed by atoms with van der Waals surface area (Å²) in [4.78, 5) is 5.91. The third-order valence-corrected chi connectivity index (χ3v) is 6.80. The van der Waals surface area contributed by atoms with Gasteiger partial charge >= 0.3 is 0 Å². The number of aryl methyl sites for hydroxylation is 1. The van der Waals surface area contributed by atoms with Gasteiger partial charge in [-0.15, -0.1) is 11.3 Å². The molecule has 3 heterocycles. The van der Waals surface area contributed by atoms with Gasteiger partial charge in [-0.2, -0.15) is 0 Å². The Balaban J connectivity index is 1.56. The number of rotatable bonds is 5. The van der Waals surface area contributed by atoms with Crippen LogP contribution in [0.4, 0.5) is 0 Å². The van der Waals surface area contributed by atoms with Crippen molar-refractivity contribution < 1.29 is 4.74 Å². The predicted octanol–water partition coefficient (Wildman–Crippen LogP) is 5.14. The van der Waals surface area contributed by atoms with E-state index in [0.717, 1.165) is 18.7 Å². The van der Waals surface area contributed by atoms with Gasteiger partial charge in [0.1, 0.15) is 5.75 Å². The summed E-state index contributed by atoms with van der Waals surface area (Å²) in [5.74, 6) is 0.994. The fraction of sp³-hybridized carbons (Fsp3) is 0.524. The number of methoxy groups -OCH3 is 1. The lowest BCUT2D eigenvalue weighted by molar-refractivity contribution is 0.162. The number of nitrogens with zero attached hydrogens (tertiary/aromatic N) is 1. The molecule has 1 atom stereocenters. The molecule has 128 valence electrons. The van der Waals surface area contributed by atoms with Gasteiger partial charge in [-0.1, -0.05) is 25.8 Å². The van der Waals surface area contributed by atoms with Crippen molar-refractivity contribution in [2.45, 2.75) is 58.0 Å². The molecule has 0 amide bonds. The number of fused-ring (bicyclic) bond motifs is 4. The third kappa shape index (κ3) is 3.00. The third-order valence-electron chi connectivity index (χ3n) is 5.54. The van der Waals surface area contributed by atoms with Crippen LogP contribution in [0.5, 0.6) is 5.75 Å². The van der Waals surface area contributed by atoms with Crippen molar-refractivity contribution in [2.75, 3.05) is 13.7 Å². The Kier molecular flexibility index (Phi) is 4.64. The molecule has 2 nitrogen and oxygen atoms in total. The predicted molar refractivity (Wildman–Crippen MR) is 101 cm³/mol. The minimum atomic E-state index is 0.564. The van der Waals surface area contributed by atoms with E-state index in [4.69, 9.17) is 4.74 Å². The topological polar surface area (TPSA) is 12.5 Å². The summed E-state index contributed by atoms with van der Waals surface area (Å²) in [6.45, 7) is 4.59. The second kappa shape index (κ2) is 6.89. The maximum Gasteiger partial charge on any atom is 0.119 e. The minimum Gasteiger partial charge on any atom is -0.497 e. The van der Waals surface area contributed by atoms with Crippen LogP contribution in [0.3, 0.4) is 0 Å². The summed E-state index contributed by atoms with van der Waals surface area (Å²) < 4.78 is 5.41. The van der Waals surface area contributed by atoms with Crippen molar-refractivity contribution >= 4 is 11.3 Å². The zero-order valence-corrected chi connectivity index (χ0v) is 15.6. The molecule has 0 radical (unpaired) electrons. The van der Waals surface area contributed by atoms with Crippen LogP contribution < -0.4 is 4.74 Å². The van der Waals surface area contributed by atoms with E-state index >= 15 is 0 Å². The first-order valence-electron chi connectivity index (χ1n) is 9.29. The maximum absolute atomic E-state index is 5.41. The Morgan fingerprint density at radius 3 is 2.96 bits per heavy atom. The number of hydrogen-bond acceptors (Lipinski definition) is 3. The van der Waals surface area contributed by atoms with E-state index in [-0.39, 0.29) is 0 Å². The zero-order chi connectivity index (χ0) is 16.5. The lowest BCUT2D eigenvalue weighted by Crippen LogP contribution is -2.38. The van der Waals surface area contributed by atoms with Crippen LogP contribution in [0.15, 0.2) is 24.3 Å². The molecule has 24 heavy (non-hydrogen) atoms. The van der Waals surface area contributed by atoms with Crippen molar-refractivity contribution in [2.24, 2.45) is 0 Å². The largest absolute Gasteiger partial charge is 0.497 e. The minimum absolute atomic E-state index is 0.564. The number of thiophene rings is 1. The highest BCUT2D eigenvalue weighted by atomic mass is 32.1. The Hall–Kier alpha value is -1.32. The van der Waals surface area contributed by atoms with E-state index in [1.54, 1.807) is 22.4 Å². The quantitative estimate of drug-likeness (QED) is 0.698. The maximum atomic E-state index is 5.41. The lowest BCUT2D eigenvalue weighted by atomic mass is 9.87. The van der Waals surface area contributed by atoms with Gasteiger partial charge in [-0.3, -0.25) is 4.90 Å². The standard InChI is InChI=1S/C21H27NOS/c1-3-4-5-6-18-12-16-14-22-10-9-15-11-17(23-2)7-8-19(15)20(22)13-21(16)24-18/h7-8,11-12,20H,3-6,9-10,13-14H2,1-2H3. The first-order valence-corrected chi connectivity index (χ1v) is 10.1. The van der Waals surface area contributed by atoms with Gasteiger partial charge in [-0.05, 0) is 54.2 Å². The highest BCUT2D eigenvalue weighted by Crippen LogP contribution is 2.41.